The molecule has 1 aliphatic heterocycles. The Morgan fingerprint density at radius 3 is 2.88 bits per heavy atom. The number of ether oxygens (including phenoxy) is 1. The van der Waals surface area contributed by atoms with Gasteiger partial charge in [0.2, 0.25) is 11.8 Å². The van der Waals surface area contributed by atoms with E-state index in [1.807, 2.05) is 18.4 Å². The largest absolute Gasteiger partial charge is 0.481 e. The van der Waals surface area contributed by atoms with Crippen LogP contribution in [0.5, 0.6) is 5.88 Å². The molecule has 1 N–H and O–H groups in total. The van der Waals surface area contributed by atoms with Crippen LogP contribution in [0.3, 0.4) is 0 Å². The third kappa shape index (κ3) is 3.40. The van der Waals surface area contributed by atoms with Crippen LogP contribution in [-0.4, -0.2) is 44.9 Å². The number of fused-ring (bicyclic) bond motifs is 1. The number of methoxy groups -OCH3 is 1. The van der Waals surface area contributed by atoms with Crippen LogP contribution in [0, 0.1) is 0 Å². The highest BCUT2D eigenvalue weighted by molar-refractivity contribution is 5.98. The van der Waals surface area contributed by atoms with Crippen LogP contribution in [0.2, 0.25) is 0 Å². The lowest BCUT2D eigenvalue weighted by Crippen LogP contribution is -2.28. The molecule has 2 aromatic heterocycles. The van der Waals surface area contributed by atoms with Crippen LogP contribution >= 0.6 is 0 Å². The van der Waals surface area contributed by atoms with Crippen molar-refractivity contribution in [3.8, 4) is 5.88 Å². The minimum absolute atomic E-state index is 0.0313. The van der Waals surface area contributed by atoms with Gasteiger partial charge in [0.1, 0.15) is 12.4 Å². The molecule has 3 rings (SSSR count). The lowest BCUT2D eigenvalue weighted by Gasteiger charge is -2.11. The number of nitrogens with one attached hydrogen (secondary N) is 1. The van der Waals surface area contributed by atoms with Crippen molar-refractivity contribution in [2.24, 2.45) is 0 Å². The summed E-state index contributed by atoms with van der Waals surface area (Å²) in [4.78, 5) is 35.0. The minimum Gasteiger partial charge on any atom is -0.481 e. The minimum atomic E-state index is -0.137. The smallest absolute Gasteiger partial charge is 0.256 e. The van der Waals surface area contributed by atoms with Gasteiger partial charge in [-0.25, -0.2) is 9.97 Å². The highest BCUT2D eigenvalue weighted by Crippen LogP contribution is 2.26. The highest BCUT2D eigenvalue weighted by atomic mass is 16.5. The van der Waals surface area contributed by atoms with Gasteiger partial charge >= 0.3 is 0 Å². The van der Waals surface area contributed by atoms with Gasteiger partial charge in [-0.2, -0.15) is 0 Å². The Kier molecular flexibility index (Phi) is 5.20. The lowest BCUT2D eigenvalue weighted by molar-refractivity contribution is -0.121. The summed E-state index contributed by atoms with van der Waals surface area (Å²) in [6.07, 6.45) is 4.23. The third-order valence-electron chi connectivity index (χ3n) is 4.48. The summed E-state index contributed by atoms with van der Waals surface area (Å²) in [7, 11) is 1.54. The molecule has 2 amide bonds. The fraction of sp³-hybridized carbons (Fsp3) is 0.444. The van der Waals surface area contributed by atoms with Crippen molar-refractivity contribution < 1.29 is 14.3 Å². The molecule has 138 valence electrons. The highest BCUT2D eigenvalue weighted by Gasteiger charge is 2.29. The van der Waals surface area contributed by atoms with Crippen LogP contribution in [-0.2, 0) is 30.8 Å². The molecule has 8 heteroatoms. The molecule has 1 aliphatic rings. The van der Waals surface area contributed by atoms with E-state index in [2.05, 4.69) is 15.3 Å². The fourth-order valence-corrected chi connectivity index (χ4v) is 3.06. The number of carbonyl (C=O) groups excluding carboxylic acids is 2. The number of rotatable bonds is 7. The molecule has 0 atom stereocenters. The van der Waals surface area contributed by atoms with Crippen LogP contribution in [0.25, 0.3) is 0 Å². The van der Waals surface area contributed by atoms with E-state index < -0.39 is 0 Å². The molecule has 8 nitrogen and oxygen atoms in total. The standard InChI is InChI=1S/C18H23N5O3/c1-4-15-19-6-7-23(15)11-16(24)20-9-12-8-13-14(21-17(12)26-3)10-22(5-2)18(13)25/h6-8H,4-5,9-11H2,1-3H3,(H,20,24). The van der Waals surface area contributed by atoms with Gasteiger partial charge in [-0.05, 0) is 13.0 Å². The zero-order valence-corrected chi connectivity index (χ0v) is 15.3. The van der Waals surface area contributed by atoms with E-state index in [1.165, 1.54) is 7.11 Å². The maximum atomic E-state index is 12.3. The first kappa shape index (κ1) is 17.9. The molecule has 0 aliphatic carbocycles. The van der Waals surface area contributed by atoms with Crippen molar-refractivity contribution in [1.29, 1.82) is 0 Å². The zero-order valence-electron chi connectivity index (χ0n) is 15.3. The Hall–Kier alpha value is -2.90. The molecule has 0 saturated heterocycles. The second-order valence-corrected chi connectivity index (χ2v) is 6.07. The number of nitrogens with zero attached hydrogens (tertiary/aromatic N) is 4. The van der Waals surface area contributed by atoms with Gasteiger partial charge in [0.15, 0.2) is 0 Å². The van der Waals surface area contributed by atoms with E-state index >= 15 is 0 Å². The number of amides is 2. The average molecular weight is 357 g/mol. The molecule has 26 heavy (non-hydrogen) atoms. The number of aryl methyl sites for hydroxylation is 1. The summed E-state index contributed by atoms with van der Waals surface area (Å²) in [5.41, 5.74) is 1.99. The summed E-state index contributed by atoms with van der Waals surface area (Å²) < 4.78 is 7.16. The predicted molar refractivity (Wildman–Crippen MR) is 94.7 cm³/mol. The number of hydrogen-bond acceptors (Lipinski definition) is 5. The molecule has 0 radical (unpaired) electrons. The van der Waals surface area contributed by atoms with Gasteiger partial charge in [0, 0.05) is 37.5 Å². The predicted octanol–water partition coefficient (Wildman–Crippen LogP) is 1.14. The van der Waals surface area contributed by atoms with Crippen molar-refractivity contribution in [3.63, 3.8) is 0 Å². The van der Waals surface area contributed by atoms with Gasteiger partial charge in [-0.1, -0.05) is 6.92 Å². The number of pyridine rings is 1. The maximum absolute atomic E-state index is 12.3. The van der Waals surface area contributed by atoms with Crippen LogP contribution in [0.15, 0.2) is 18.5 Å². The van der Waals surface area contributed by atoms with Crippen molar-refractivity contribution in [3.05, 3.63) is 41.1 Å². The molecule has 0 bridgehead atoms. The Morgan fingerprint density at radius 2 is 2.19 bits per heavy atom. The molecule has 0 aromatic carbocycles. The Balaban J connectivity index is 1.71. The summed E-state index contributed by atoms with van der Waals surface area (Å²) >= 11 is 0. The number of hydrogen-bond donors (Lipinski definition) is 1. The first-order valence-corrected chi connectivity index (χ1v) is 8.70. The number of carbonyl (C=O) groups is 2. The van der Waals surface area contributed by atoms with Gasteiger partial charge in [0.05, 0.1) is 24.9 Å². The van der Waals surface area contributed by atoms with Crippen LogP contribution in [0.4, 0.5) is 0 Å². The normalized spacial score (nSPS) is 13.0. The number of aromatic nitrogens is 3. The van der Waals surface area contributed by atoms with Crippen LogP contribution in [0.1, 0.15) is 41.3 Å². The van der Waals surface area contributed by atoms with E-state index in [0.717, 1.165) is 17.9 Å². The molecule has 3 heterocycles. The molecule has 0 unspecified atom stereocenters. The first-order chi connectivity index (χ1) is 12.6. The molecule has 0 spiro atoms. The van der Waals surface area contributed by atoms with E-state index in [0.29, 0.717) is 30.1 Å². The maximum Gasteiger partial charge on any atom is 0.256 e. The number of imidazole rings is 1. The molecule has 0 saturated carbocycles. The summed E-state index contributed by atoms with van der Waals surface area (Å²) in [5.74, 6) is 1.13. The van der Waals surface area contributed by atoms with Gasteiger partial charge in [-0.3, -0.25) is 9.59 Å². The van der Waals surface area contributed by atoms with E-state index in [4.69, 9.17) is 4.74 Å². The quantitative estimate of drug-likeness (QED) is 0.803. The second-order valence-electron chi connectivity index (χ2n) is 6.07. The lowest BCUT2D eigenvalue weighted by atomic mass is 10.1. The Bertz CT molecular complexity index is 830. The van der Waals surface area contributed by atoms with Crippen LogP contribution < -0.4 is 10.1 Å². The SMILES string of the molecule is CCc1nccn1CC(=O)NCc1cc2c(nc1OC)CN(CC)C2=O. The zero-order chi connectivity index (χ0) is 18.7. The molecular weight excluding hydrogens is 334 g/mol. The topological polar surface area (TPSA) is 89.3 Å². The van der Waals surface area contributed by atoms with E-state index in [9.17, 15) is 9.59 Å². The first-order valence-electron chi connectivity index (χ1n) is 8.70. The Labute approximate surface area is 152 Å². The van der Waals surface area contributed by atoms with Gasteiger partial charge < -0.3 is 19.5 Å². The monoisotopic (exact) mass is 357 g/mol. The summed E-state index contributed by atoms with van der Waals surface area (Å²) in [6, 6.07) is 1.77. The summed E-state index contributed by atoms with van der Waals surface area (Å²) in [5, 5.41) is 2.86. The van der Waals surface area contributed by atoms with E-state index in [-0.39, 0.29) is 24.9 Å². The van der Waals surface area contributed by atoms with Crippen molar-refractivity contribution in [2.45, 2.75) is 39.9 Å². The molecule has 2 aromatic rings. The fourth-order valence-electron chi connectivity index (χ4n) is 3.06. The second kappa shape index (κ2) is 7.55. The van der Waals surface area contributed by atoms with Gasteiger partial charge in [-0.15, -0.1) is 0 Å². The van der Waals surface area contributed by atoms with Crippen molar-refractivity contribution in [1.82, 2.24) is 24.8 Å². The Morgan fingerprint density at radius 1 is 1.38 bits per heavy atom. The third-order valence-corrected chi connectivity index (χ3v) is 4.48. The van der Waals surface area contributed by atoms with Gasteiger partial charge in [0.25, 0.3) is 5.91 Å². The molecular formula is C18H23N5O3. The van der Waals surface area contributed by atoms with Crippen molar-refractivity contribution in [2.75, 3.05) is 13.7 Å². The van der Waals surface area contributed by atoms with E-state index in [1.54, 1.807) is 23.4 Å². The van der Waals surface area contributed by atoms with Crippen molar-refractivity contribution >= 4 is 11.8 Å². The summed E-state index contributed by atoms with van der Waals surface area (Å²) in [6.45, 7) is 5.50. The average Bonchev–Trinajstić information content (AvgIpc) is 3.22. The molecule has 0 fully saturated rings.